The lowest BCUT2D eigenvalue weighted by atomic mass is 10.2. The molecule has 0 aliphatic rings. The van der Waals surface area contributed by atoms with Crippen molar-refractivity contribution < 1.29 is 19.3 Å². The van der Waals surface area contributed by atoms with Crippen LogP contribution in [0.15, 0.2) is 24.3 Å². The summed E-state index contributed by atoms with van der Waals surface area (Å²) in [4.78, 5) is 0. The Morgan fingerprint density at radius 3 is 2.35 bits per heavy atom. The van der Waals surface area contributed by atoms with E-state index in [1.165, 1.54) is 0 Å². The predicted molar refractivity (Wildman–Crippen MR) is 91.6 cm³/mol. The molecule has 0 amide bonds. The van der Waals surface area contributed by atoms with Crippen LogP contribution in [0.2, 0.25) is 0 Å². The lowest BCUT2D eigenvalue weighted by molar-refractivity contribution is -0.0226. The highest BCUT2D eigenvalue weighted by Gasteiger charge is 2.06. The minimum Gasteiger partial charge on any atom is -0.465 e. The van der Waals surface area contributed by atoms with E-state index in [9.17, 15) is 5.11 Å². The number of aliphatic hydroxyl groups is 1. The van der Waals surface area contributed by atoms with Crippen molar-refractivity contribution in [1.29, 1.82) is 0 Å². The van der Waals surface area contributed by atoms with E-state index in [4.69, 9.17) is 14.2 Å². The summed E-state index contributed by atoms with van der Waals surface area (Å²) in [5, 5.41) is 13.1. The number of ether oxygens (including phenoxy) is 3. The third kappa shape index (κ3) is 10.3. The molecule has 0 fully saturated rings. The summed E-state index contributed by atoms with van der Waals surface area (Å²) in [6, 6.07) is 7.99. The first-order valence-corrected chi connectivity index (χ1v) is 8.33. The molecule has 23 heavy (non-hydrogen) atoms. The van der Waals surface area contributed by atoms with Crippen LogP contribution in [0.5, 0.6) is 5.75 Å². The summed E-state index contributed by atoms with van der Waals surface area (Å²) in [7, 11) is 0. The zero-order valence-corrected chi connectivity index (χ0v) is 14.7. The molecule has 1 atom stereocenters. The zero-order chi connectivity index (χ0) is 17.1. The molecule has 0 spiro atoms. The van der Waals surface area contributed by atoms with Crippen LogP contribution >= 0.6 is 0 Å². The topological polar surface area (TPSA) is 60.0 Å². The fourth-order valence-corrected chi connectivity index (χ4v) is 1.91. The first kappa shape index (κ1) is 19.9. The average molecular weight is 325 g/mol. The van der Waals surface area contributed by atoms with Crippen molar-refractivity contribution in [2.45, 2.75) is 59.2 Å². The summed E-state index contributed by atoms with van der Waals surface area (Å²) in [5.74, 6) is 0.661. The molecule has 0 radical (unpaired) electrons. The van der Waals surface area contributed by atoms with Gasteiger partial charge in [0.1, 0.15) is 5.75 Å². The maximum atomic E-state index is 9.83. The van der Waals surface area contributed by atoms with Gasteiger partial charge >= 0.3 is 0 Å². The largest absolute Gasteiger partial charge is 0.465 e. The Bertz CT molecular complexity index is 406. The van der Waals surface area contributed by atoms with E-state index in [2.05, 4.69) is 19.2 Å². The Morgan fingerprint density at radius 1 is 1.04 bits per heavy atom. The SMILES string of the molecule is CC(C)NCCC(O)Oc1ccc(COCCOC(C)C)cc1. The van der Waals surface area contributed by atoms with Crippen LogP contribution in [0.25, 0.3) is 0 Å². The molecule has 0 bridgehead atoms. The van der Waals surface area contributed by atoms with Gasteiger partial charge in [-0.3, -0.25) is 0 Å². The van der Waals surface area contributed by atoms with E-state index in [0.717, 1.165) is 12.1 Å². The molecule has 132 valence electrons. The lowest BCUT2D eigenvalue weighted by Crippen LogP contribution is -2.28. The van der Waals surface area contributed by atoms with Crippen molar-refractivity contribution in [1.82, 2.24) is 5.32 Å². The molecule has 1 unspecified atom stereocenters. The van der Waals surface area contributed by atoms with Crippen molar-refractivity contribution >= 4 is 0 Å². The molecule has 1 aromatic rings. The van der Waals surface area contributed by atoms with Gasteiger partial charge in [0.25, 0.3) is 0 Å². The van der Waals surface area contributed by atoms with E-state index in [0.29, 0.717) is 38.0 Å². The third-order valence-corrected chi connectivity index (χ3v) is 3.09. The van der Waals surface area contributed by atoms with E-state index >= 15 is 0 Å². The molecule has 0 aliphatic carbocycles. The van der Waals surface area contributed by atoms with Gasteiger partial charge in [-0.15, -0.1) is 0 Å². The first-order valence-electron chi connectivity index (χ1n) is 8.33. The second-order valence-corrected chi connectivity index (χ2v) is 6.09. The maximum absolute atomic E-state index is 9.83. The summed E-state index contributed by atoms with van der Waals surface area (Å²) in [6.07, 6.45) is -0.00690. The number of nitrogens with one attached hydrogen (secondary N) is 1. The van der Waals surface area contributed by atoms with E-state index in [1.807, 2.05) is 38.1 Å². The average Bonchev–Trinajstić information content (AvgIpc) is 2.48. The van der Waals surface area contributed by atoms with Crippen molar-refractivity contribution in [3.05, 3.63) is 29.8 Å². The van der Waals surface area contributed by atoms with Crippen LogP contribution in [0.4, 0.5) is 0 Å². The molecule has 0 saturated carbocycles. The van der Waals surface area contributed by atoms with Gasteiger partial charge in [-0.2, -0.15) is 0 Å². The van der Waals surface area contributed by atoms with Gasteiger partial charge in [0.15, 0.2) is 6.29 Å². The monoisotopic (exact) mass is 325 g/mol. The number of hydrogen-bond acceptors (Lipinski definition) is 5. The number of rotatable bonds is 12. The minimum atomic E-state index is -0.795. The van der Waals surface area contributed by atoms with Crippen LogP contribution in [0.1, 0.15) is 39.7 Å². The Morgan fingerprint density at radius 2 is 1.74 bits per heavy atom. The fourth-order valence-electron chi connectivity index (χ4n) is 1.91. The minimum absolute atomic E-state index is 0.234. The van der Waals surface area contributed by atoms with Gasteiger partial charge in [-0.25, -0.2) is 0 Å². The van der Waals surface area contributed by atoms with Gasteiger partial charge in [0, 0.05) is 19.0 Å². The molecule has 1 rings (SSSR count). The number of aliphatic hydroxyl groups excluding tert-OH is 1. The van der Waals surface area contributed by atoms with Crippen LogP contribution in [0, 0.1) is 0 Å². The zero-order valence-electron chi connectivity index (χ0n) is 14.7. The Hall–Kier alpha value is -1.14. The summed E-state index contributed by atoms with van der Waals surface area (Å²) in [5.41, 5.74) is 1.07. The summed E-state index contributed by atoms with van der Waals surface area (Å²) < 4.78 is 16.4. The molecular weight excluding hydrogens is 294 g/mol. The Kier molecular flexibility index (Phi) is 9.87. The summed E-state index contributed by atoms with van der Waals surface area (Å²) in [6.45, 7) is 10.6. The second kappa shape index (κ2) is 11.4. The fraction of sp³-hybridized carbons (Fsp3) is 0.667. The van der Waals surface area contributed by atoms with Crippen LogP contribution < -0.4 is 10.1 Å². The van der Waals surface area contributed by atoms with Crippen LogP contribution in [0.3, 0.4) is 0 Å². The van der Waals surface area contributed by atoms with Crippen molar-refractivity contribution in [2.24, 2.45) is 0 Å². The van der Waals surface area contributed by atoms with Crippen molar-refractivity contribution in [3.8, 4) is 5.75 Å². The van der Waals surface area contributed by atoms with Gasteiger partial charge < -0.3 is 24.6 Å². The highest BCUT2D eigenvalue weighted by Crippen LogP contribution is 2.14. The second-order valence-electron chi connectivity index (χ2n) is 6.09. The molecule has 0 saturated heterocycles. The number of benzene rings is 1. The van der Waals surface area contributed by atoms with Crippen molar-refractivity contribution in [2.75, 3.05) is 19.8 Å². The van der Waals surface area contributed by atoms with Gasteiger partial charge in [-0.1, -0.05) is 26.0 Å². The molecule has 1 aromatic carbocycles. The van der Waals surface area contributed by atoms with Crippen LogP contribution in [-0.4, -0.2) is 43.3 Å². The molecule has 0 heterocycles. The van der Waals surface area contributed by atoms with Gasteiger partial charge in [-0.05, 0) is 31.5 Å². The number of hydrogen-bond donors (Lipinski definition) is 2. The quantitative estimate of drug-likeness (QED) is 0.457. The summed E-state index contributed by atoms with van der Waals surface area (Å²) >= 11 is 0. The maximum Gasteiger partial charge on any atom is 0.198 e. The van der Waals surface area contributed by atoms with Gasteiger partial charge in [0.2, 0.25) is 0 Å². The van der Waals surface area contributed by atoms with Crippen LogP contribution in [-0.2, 0) is 16.1 Å². The van der Waals surface area contributed by atoms with Crippen molar-refractivity contribution in [3.63, 3.8) is 0 Å². The highest BCUT2D eigenvalue weighted by molar-refractivity contribution is 5.26. The Labute approximate surface area is 139 Å². The molecule has 2 N–H and O–H groups in total. The van der Waals surface area contributed by atoms with E-state index in [1.54, 1.807) is 0 Å². The normalized spacial score (nSPS) is 12.8. The van der Waals surface area contributed by atoms with E-state index in [-0.39, 0.29) is 6.10 Å². The highest BCUT2D eigenvalue weighted by atomic mass is 16.6. The smallest absolute Gasteiger partial charge is 0.198 e. The predicted octanol–water partition coefficient (Wildman–Crippen LogP) is 2.71. The molecule has 5 nitrogen and oxygen atoms in total. The van der Waals surface area contributed by atoms with E-state index < -0.39 is 6.29 Å². The van der Waals surface area contributed by atoms with Gasteiger partial charge in [0.05, 0.1) is 25.9 Å². The molecular formula is C18H31NO4. The lowest BCUT2D eigenvalue weighted by Gasteiger charge is -2.15. The first-order chi connectivity index (χ1) is 11.0. The third-order valence-electron chi connectivity index (χ3n) is 3.09. The molecule has 5 heteroatoms. The standard InChI is InChI=1S/C18H31NO4/c1-14(2)19-10-9-18(20)23-17-7-5-16(6-8-17)13-21-11-12-22-15(3)4/h5-8,14-15,18-20H,9-13H2,1-4H3. The Balaban J connectivity index is 2.22. The molecule has 0 aliphatic heterocycles. The molecule has 0 aromatic heterocycles.